The van der Waals surface area contributed by atoms with Gasteiger partial charge in [0.25, 0.3) is 0 Å². The van der Waals surface area contributed by atoms with Crippen LogP contribution in [0.4, 0.5) is 0 Å². The molecule has 2 aliphatic heterocycles. The highest BCUT2D eigenvalue weighted by molar-refractivity contribution is 5.30. The second-order valence-corrected chi connectivity index (χ2v) is 6.27. The van der Waals surface area contributed by atoms with Gasteiger partial charge in [0, 0.05) is 19.7 Å². The van der Waals surface area contributed by atoms with E-state index in [2.05, 4.69) is 29.2 Å². The lowest BCUT2D eigenvalue weighted by molar-refractivity contribution is 0.0119. The molecule has 0 amide bonds. The zero-order chi connectivity index (χ0) is 15.2. The lowest BCUT2D eigenvalue weighted by Crippen LogP contribution is -2.26. The Bertz CT molecular complexity index is 442. The van der Waals surface area contributed by atoms with Gasteiger partial charge in [-0.25, -0.2) is 0 Å². The Morgan fingerprint density at radius 3 is 2.82 bits per heavy atom. The predicted octanol–water partition coefficient (Wildman–Crippen LogP) is 2.68. The molecule has 2 heterocycles. The molecule has 0 spiro atoms. The van der Waals surface area contributed by atoms with E-state index in [0.717, 1.165) is 45.1 Å². The molecule has 122 valence electrons. The van der Waals surface area contributed by atoms with Gasteiger partial charge in [-0.3, -0.25) is 0 Å². The zero-order valence-corrected chi connectivity index (χ0v) is 13.5. The third kappa shape index (κ3) is 4.22. The first kappa shape index (κ1) is 15.8. The first-order valence-corrected chi connectivity index (χ1v) is 8.41. The maximum absolute atomic E-state index is 5.77. The molecule has 1 aromatic rings. The fourth-order valence-electron chi connectivity index (χ4n) is 3.37. The van der Waals surface area contributed by atoms with Crippen LogP contribution in [0.15, 0.2) is 24.3 Å². The molecule has 0 unspecified atom stereocenters. The van der Waals surface area contributed by atoms with Crippen LogP contribution in [0.25, 0.3) is 0 Å². The summed E-state index contributed by atoms with van der Waals surface area (Å²) >= 11 is 0. The summed E-state index contributed by atoms with van der Waals surface area (Å²) in [6, 6.07) is 8.51. The quantitative estimate of drug-likeness (QED) is 0.725. The predicted molar refractivity (Wildman–Crippen MR) is 86.6 cm³/mol. The van der Waals surface area contributed by atoms with Crippen molar-refractivity contribution in [3.8, 4) is 5.75 Å². The Morgan fingerprint density at radius 2 is 2.09 bits per heavy atom. The standard InChI is InChI=1S/C18H27NO3/c1-20-17-6-4-15(5-7-17)16-8-9-19(13-16)10-12-21-14-18-3-2-11-22-18/h4-7,16,18H,2-3,8-14H2,1H3/t16-,18+/m1/s1. The molecule has 4 nitrogen and oxygen atoms in total. The van der Waals surface area contributed by atoms with Gasteiger partial charge in [0.2, 0.25) is 0 Å². The van der Waals surface area contributed by atoms with E-state index < -0.39 is 0 Å². The topological polar surface area (TPSA) is 30.9 Å². The average molecular weight is 305 g/mol. The number of likely N-dealkylation sites (tertiary alicyclic amines) is 1. The molecule has 0 aliphatic carbocycles. The van der Waals surface area contributed by atoms with E-state index in [4.69, 9.17) is 14.2 Å². The summed E-state index contributed by atoms with van der Waals surface area (Å²) in [6.07, 6.45) is 3.91. The highest BCUT2D eigenvalue weighted by atomic mass is 16.5. The van der Waals surface area contributed by atoms with Crippen LogP contribution >= 0.6 is 0 Å². The summed E-state index contributed by atoms with van der Waals surface area (Å²) in [5.41, 5.74) is 1.42. The second kappa shape index (κ2) is 7.95. The SMILES string of the molecule is COc1ccc([C@@H]2CCN(CCOC[C@@H]3CCCO3)C2)cc1. The van der Waals surface area contributed by atoms with E-state index in [1.54, 1.807) is 7.11 Å². The van der Waals surface area contributed by atoms with Crippen LogP contribution in [0.3, 0.4) is 0 Å². The fraction of sp³-hybridized carbons (Fsp3) is 0.667. The van der Waals surface area contributed by atoms with Crippen LogP contribution in [0.2, 0.25) is 0 Å². The number of hydrogen-bond acceptors (Lipinski definition) is 4. The highest BCUT2D eigenvalue weighted by Gasteiger charge is 2.23. The van der Waals surface area contributed by atoms with E-state index >= 15 is 0 Å². The van der Waals surface area contributed by atoms with Crippen molar-refractivity contribution in [2.45, 2.75) is 31.3 Å². The van der Waals surface area contributed by atoms with Gasteiger partial charge in [-0.05, 0) is 49.4 Å². The van der Waals surface area contributed by atoms with Gasteiger partial charge in [-0.15, -0.1) is 0 Å². The summed E-state index contributed by atoms with van der Waals surface area (Å²) < 4.78 is 16.6. The molecule has 1 aromatic carbocycles. The van der Waals surface area contributed by atoms with Crippen molar-refractivity contribution in [3.63, 3.8) is 0 Å². The van der Waals surface area contributed by atoms with Gasteiger partial charge >= 0.3 is 0 Å². The first-order chi connectivity index (χ1) is 10.8. The van der Waals surface area contributed by atoms with Crippen molar-refractivity contribution < 1.29 is 14.2 Å². The Kier molecular flexibility index (Phi) is 5.70. The van der Waals surface area contributed by atoms with Gasteiger partial charge in [-0.1, -0.05) is 12.1 Å². The smallest absolute Gasteiger partial charge is 0.118 e. The van der Waals surface area contributed by atoms with Crippen molar-refractivity contribution in [3.05, 3.63) is 29.8 Å². The molecule has 0 bridgehead atoms. The fourth-order valence-corrected chi connectivity index (χ4v) is 3.37. The molecule has 4 heteroatoms. The summed E-state index contributed by atoms with van der Waals surface area (Å²) in [5.74, 6) is 1.57. The molecule has 2 atom stereocenters. The van der Waals surface area contributed by atoms with Crippen molar-refractivity contribution in [2.75, 3.05) is 46.6 Å². The number of hydrogen-bond donors (Lipinski definition) is 0. The highest BCUT2D eigenvalue weighted by Crippen LogP contribution is 2.28. The Balaban J connectivity index is 1.36. The van der Waals surface area contributed by atoms with E-state index in [0.29, 0.717) is 12.0 Å². The largest absolute Gasteiger partial charge is 0.497 e. The van der Waals surface area contributed by atoms with E-state index in [-0.39, 0.29) is 0 Å². The van der Waals surface area contributed by atoms with Gasteiger partial charge < -0.3 is 19.1 Å². The maximum atomic E-state index is 5.77. The molecule has 0 N–H and O–H groups in total. The van der Waals surface area contributed by atoms with Crippen molar-refractivity contribution in [1.82, 2.24) is 4.90 Å². The van der Waals surface area contributed by atoms with Crippen molar-refractivity contribution >= 4 is 0 Å². The molecule has 0 saturated carbocycles. The normalized spacial score (nSPS) is 25.7. The third-order valence-electron chi connectivity index (χ3n) is 4.74. The van der Waals surface area contributed by atoms with Crippen LogP contribution in [0, 0.1) is 0 Å². The minimum Gasteiger partial charge on any atom is -0.497 e. The number of methoxy groups -OCH3 is 1. The molecule has 0 aromatic heterocycles. The maximum Gasteiger partial charge on any atom is 0.118 e. The minimum atomic E-state index is 0.339. The Morgan fingerprint density at radius 1 is 1.23 bits per heavy atom. The molecule has 2 saturated heterocycles. The van der Waals surface area contributed by atoms with Crippen molar-refractivity contribution in [1.29, 1.82) is 0 Å². The Hall–Kier alpha value is -1.10. The van der Waals surface area contributed by atoms with Crippen LogP contribution in [0.1, 0.15) is 30.7 Å². The van der Waals surface area contributed by atoms with Crippen LogP contribution in [-0.2, 0) is 9.47 Å². The van der Waals surface area contributed by atoms with Crippen LogP contribution < -0.4 is 4.74 Å². The minimum absolute atomic E-state index is 0.339. The van der Waals surface area contributed by atoms with Crippen LogP contribution in [0.5, 0.6) is 5.75 Å². The average Bonchev–Trinajstić information content (AvgIpc) is 3.23. The summed E-state index contributed by atoms with van der Waals surface area (Å²) in [6.45, 7) is 5.81. The lowest BCUT2D eigenvalue weighted by atomic mass is 9.98. The molecular weight excluding hydrogens is 278 g/mol. The Labute approximate surface area is 133 Å². The molecular formula is C18H27NO3. The number of ether oxygens (including phenoxy) is 3. The van der Waals surface area contributed by atoms with Gasteiger partial charge in [-0.2, -0.15) is 0 Å². The summed E-state index contributed by atoms with van der Waals surface area (Å²) in [7, 11) is 1.71. The van der Waals surface area contributed by atoms with Crippen LogP contribution in [-0.4, -0.2) is 57.6 Å². The number of benzene rings is 1. The van der Waals surface area contributed by atoms with E-state index in [1.165, 1.54) is 24.9 Å². The second-order valence-electron chi connectivity index (χ2n) is 6.27. The van der Waals surface area contributed by atoms with Gasteiger partial charge in [0.05, 0.1) is 26.4 Å². The number of nitrogens with zero attached hydrogens (tertiary/aromatic N) is 1. The number of rotatable bonds is 7. The first-order valence-electron chi connectivity index (χ1n) is 8.41. The molecule has 0 radical (unpaired) electrons. The van der Waals surface area contributed by atoms with Gasteiger partial charge in [0.15, 0.2) is 0 Å². The van der Waals surface area contributed by atoms with E-state index in [9.17, 15) is 0 Å². The lowest BCUT2D eigenvalue weighted by Gasteiger charge is -2.17. The molecule has 2 aliphatic rings. The van der Waals surface area contributed by atoms with Gasteiger partial charge in [0.1, 0.15) is 5.75 Å². The monoisotopic (exact) mass is 305 g/mol. The molecule has 2 fully saturated rings. The molecule has 22 heavy (non-hydrogen) atoms. The zero-order valence-electron chi connectivity index (χ0n) is 13.5. The summed E-state index contributed by atoms with van der Waals surface area (Å²) in [4.78, 5) is 2.50. The van der Waals surface area contributed by atoms with E-state index in [1.807, 2.05) is 0 Å². The molecule has 3 rings (SSSR count). The van der Waals surface area contributed by atoms with Crippen molar-refractivity contribution in [2.24, 2.45) is 0 Å². The third-order valence-corrected chi connectivity index (χ3v) is 4.74. The summed E-state index contributed by atoms with van der Waals surface area (Å²) in [5, 5.41) is 0.